The summed E-state index contributed by atoms with van der Waals surface area (Å²) in [6.45, 7) is 4.02. The van der Waals surface area contributed by atoms with E-state index in [1.807, 2.05) is 6.92 Å². The summed E-state index contributed by atoms with van der Waals surface area (Å²) in [5.41, 5.74) is 5.85. The second-order valence-electron chi connectivity index (χ2n) is 5.32. The van der Waals surface area contributed by atoms with Crippen molar-refractivity contribution >= 4 is 11.8 Å². The number of hydrogen-bond donors (Lipinski definition) is 1. The molecule has 2 aliphatic carbocycles. The first-order chi connectivity index (χ1) is 8.06. The minimum atomic E-state index is -0.498. The molecule has 4 nitrogen and oxygen atoms in total. The van der Waals surface area contributed by atoms with E-state index >= 15 is 0 Å². The van der Waals surface area contributed by atoms with E-state index in [9.17, 15) is 9.59 Å². The lowest BCUT2D eigenvalue weighted by Gasteiger charge is -2.09. The molecule has 17 heavy (non-hydrogen) atoms. The molecule has 0 amide bonds. The zero-order valence-electron chi connectivity index (χ0n) is 10.5. The Hall–Kier alpha value is -0.900. The van der Waals surface area contributed by atoms with Gasteiger partial charge in [0.05, 0.1) is 0 Å². The number of esters is 1. The zero-order valence-corrected chi connectivity index (χ0v) is 10.5. The molecule has 0 radical (unpaired) electrons. The Morgan fingerprint density at radius 2 is 2.29 bits per heavy atom. The Balaban J connectivity index is 1.89. The first-order valence-corrected chi connectivity index (χ1v) is 6.55. The van der Waals surface area contributed by atoms with Gasteiger partial charge in [-0.15, -0.1) is 0 Å². The predicted molar refractivity (Wildman–Crippen MR) is 63.1 cm³/mol. The van der Waals surface area contributed by atoms with Crippen LogP contribution in [0.1, 0.15) is 39.5 Å². The monoisotopic (exact) mass is 239 g/mol. The van der Waals surface area contributed by atoms with Gasteiger partial charge in [0, 0.05) is 24.3 Å². The number of hydrogen-bond acceptors (Lipinski definition) is 4. The molecule has 4 heteroatoms. The van der Waals surface area contributed by atoms with Crippen molar-refractivity contribution in [1.29, 1.82) is 0 Å². The lowest BCUT2D eigenvalue weighted by molar-refractivity contribution is -0.153. The van der Waals surface area contributed by atoms with Gasteiger partial charge >= 0.3 is 5.97 Å². The summed E-state index contributed by atoms with van der Waals surface area (Å²) in [6, 6.07) is 0.0528. The van der Waals surface area contributed by atoms with Crippen LogP contribution in [0.15, 0.2) is 0 Å². The molecule has 96 valence electrons. The lowest BCUT2D eigenvalue weighted by Crippen LogP contribution is -2.25. The van der Waals surface area contributed by atoms with Crippen LogP contribution in [0.3, 0.4) is 0 Å². The van der Waals surface area contributed by atoms with Crippen molar-refractivity contribution in [2.45, 2.75) is 51.7 Å². The van der Waals surface area contributed by atoms with Gasteiger partial charge in [-0.1, -0.05) is 6.92 Å². The zero-order chi connectivity index (χ0) is 12.6. The van der Waals surface area contributed by atoms with Crippen LogP contribution in [0.2, 0.25) is 0 Å². The minimum Gasteiger partial charge on any atom is -0.461 e. The van der Waals surface area contributed by atoms with Crippen LogP contribution in [0.5, 0.6) is 0 Å². The molecule has 0 saturated heterocycles. The fourth-order valence-electron chi connectivity index (χ4n) is 3.01. The van der Waals surface area contributed by atoms with Gasteiger partial charge in [-0.2, -0.15) is 0 Å². The highest BCUT2D eigenvalue weighted by atomic mass is 16.6. The highest BCUT2D eigenvalue weighted by molar-refractivity contribution is 6.00. The lowest BCUT2D eigenvalue weighted by atomic mass is 10.1. The smallest absolute Gasteiger partial charge is 0.316 e. The third kappa shape index (κ3) is 2.37. The van der Waals surface area contributed by atoms with Gasteiger partial charge in [-0.3, -0.25) is 9.59 Å². The molecular formula is C13H21NO3. The van der Waals surface area contributed by atoms with Crippen molar-refractivity contribution in [2.24, 2.45) is 23.5 Å². The number of carbonyl (C=O) groups excluding carboxylic acids is 2. The van der Waals surface area contributed by atoms with E-state index in [-0.39, 0.29) is 29.8 Å². The third-order valence-corrected chi connectivity index (χ3v) is 4.07. The highest BCUT2D eigenvalue weighted by Crippen LogP contribution is 2.46. The number of ketones is 1. The summed E-state index contributed by atoms with van der Waals surface area (Å²) in [5.74, 6) is -0.113. The summed E-state index contributed by atoms with van der Waals surface area (Å²) >= 11 is 0. The highest BCUT2D eigenvalue weighted by Gasteiger charge is 2.54. The molecule has 0 heterocycles. The van der Waals surface area contributed by atoms with Crippen LogP contribution in [-0.4, -0.2) is 23.9 Å². The van der Waals surface area contributed by atoms with E-state index < -0.39 is 5.92 Å². The summed E-state index contributed by atoms with van der Waals surface area (Å²) in [6.07, 6.45) is 2.92. The Bertz CT molecular complexity index is 327. The van der Waals surface area contributed by atoms with Crippen molar-refractivity contribution in [3.63, 3.8) is 0 Å². The van der Waals surface area contributed by atoms with Crippen molar-refractivity contribution in [3.05, 3.63) is 0 Å². The van der Waals surface area contributed by atoms with E-state index in [0.717, 1.165) is 12.8 Å². The molecule has 2 rings (SSSR count). The Morgan fingerprint density at radius 1 is 1.59 bits per heavy atom. The number of nitrogens with two attached hydrogens (primary N) is 1. The Labute approximate surface area is 102 Å². The van der Waals surface area contributed by atoms with Crippen LogP contribution < -0.4 is 5.73 Å². The van der Waals surface area contributed by atoms with Crippen molar-refractivity contribution < 1.29 is 14.3 Å². The largest absolute Gasteiger partial charge is 0.461 e. The molecule has 2 N–H and O–H groups in total. The predicted octanol–water partition coefficient (Wildman–Crippen LogP) is 1.27. The van der Waals surface area contributed by atoms with Crippen LogP contribution >= 0.6 is 0 Å². The average Bonchev–Trinajstić information content (AvgIpc) is 2.80. The van der Waals surface area contributed by atoms with Crippen molar-refractivity contribution in [1.82, 2.24) is 0 Å². The SMILES string of the molecule is CCC1C(OC(=O)C2CCCC2=O)C1C(C)N. The van der Waals surface area contributed by atoms with Crippen molar-refractivity contribution in [2.75, 3.05) is 0 Å². The average molecular weight is 239 g/mol. The van der Waals surface area contributed by atoms with Gasteiger partial charge in [-0.05, 0) is 26.2 Å². The molecule has 0 aliphatic heterocycles. The summed E-state index contributed by atoms with van der Waals surface area (Å²) in [7, 11) is 0. The quantitative estimate of drug-likeness (QED) is 0.592. The molecule has 0 spiro atoms. The number of Topliss-reactive ketones (excluding diaryl/α,β-unsaturated/α-hetero) is 1. The third-order valence-electron chi connectivity index (χ3n) is 4.07. The van der Waals surface area contributed by atoms with E-state index in [0.29, 0.717) is 18.8 Å². The molecule has 2 fully saturated rings. The van der Waals surface area contributed by atoms with E-state index in [4.69, 9.17) is 10.5 Å². The maximum atomic E-state index is 11.9. The van der Waals surface area contributed by atoms with Crippen LogP contribution in [0, 0.1) is 17.8 Å². The van der Waals surface area contributed by atoms with Gasteiger partial charge in [0.1, 0.15) is 17.8 Å². The topological polar surface area (TPSA) is 69.4 Å². The van der Waals surface area contributed by atoms with Gasteiger partial charge in [-0.25, -0.2) is 0 Å². The molecule has 2 saturated carbocycles. The molecule has 5 unspecified atom stereocenters. The van der Waals surface area contributed by atoms with Gasteiger partial charge < -0.3 is 10.5 Å². The molecule has 0 bridgehead atoms. The summed E-state index contributed by atoms with van der Waals surface area (Å²) < 4.78 is 5.45. The normalized spacial score (nSPS) is 37.9. The van der Waals surface area contributed by atoms with Crippen LogP contribution in [0.25, 0.3) is 0 Å². The van der Waals surface area contributed by atoms with Crippen LogP contribution in [0.4, 0.5) is 0 Å². The standard InChI is InChI=1S/C13H21NO3/c1-3-8-11(7(2)14)12(8)17-13(16)9-5-4-6-10(9)15/h7-9,11-12H,3-6,14H2,1-2H3. The van der Waals surface area contributed by atoms with Gasteiger partial charge in [0.15, 0.2) is 0 Å². The Morgan fingerprint density at radius 3 is 2.71 bits per heavy atom. The fourth-order valence-corrected chi connectivity index (χ4v) is 3.01. The van der Waals surface area contributed by atoms with Crippen LogP contribution in [-0.2, 0) is 14.3 Å². The summed E-state index contributed by atoms with van der Waals surface area (Å²) in [4.78, 5) is 23.3. The first kappa shape index (κ1) is 12.6. The van der Waals surface area contributed by atoms with E-state index in [1.54, 1.807) is 0 Å². The van der Waals surface area contributed by atoms with Gasteiger partial charge in [0.25, 0.3) is 0 Å². The second kappa shape index (κ2) is 4.77. The van der Waals surface area contributed by atoms with E-state index in [2.05, 4.69) is 6.92 Å². The molecular weight excluding hydrogens is 218 g/mol. The van der Waals surface area contributed by atoms with Crippen molar-refractivity contribution in [3.8, 4) is 0 Å². The minimum absolute atomic E-state index is 0.0426. The number of ether oxygens (including phenoxy) is 1. The maximum absolute atomic E-state index is 11.9. The van der Waals surface area contributed by atoms with E-state index in [1.165, 1.54) is 0 Å². The molecule has 2 aliphatic rings. The molecule has 5 atom stereocenters. The number of rotatable bonds is 4. The first-order valence-electron chi connectivity index (χ1n) is 6.55. The summed E-state index contributed by atoms with van der Waals surface area (Å²) in [5, 5.41) is 0. The molecule has 0 aromatic carbocycles. The second-order valence-corrected chi connectivity index (χ2v) is 5.32. The molecule has 0 aromatic rings. The fraction of sp³-hybridized carbons (Fsp3) is 0.846. The number of carbonyl (C=O) groups is 2. The molecule has 0 aromatic heterocycles. The maximum Gasteiger partial charge on any atom is 0.316 e. The van der Waals surface area contributed by atoms with Gasteiger partial charge in [0.2, 0.25) is 0 Å². The Kier molecular flexibility index (Phi) is 3.52.